The highest BCUT2D eigenvalue weighted by Crippen LogP contribution is 2.28. The molecule has 0 aromatic heterocycles. The summed E-state index contributed by atoms with van der Waals surface area (Å²) < 4.78 is 0. The molecule has 0 atom stereocenters. The lowest BCUT2D eigenvalue weighted by Gasteiger charge is -2.25. The van der Waals surface area contributed by atoms with E-state index in [1.165, 1.54) is 25.7 Å². The van der Waals surface area contributed by atoms with E-state index < -0.39 is 0 Å². The molecule has 1 aliphatic carbocycles. The van der Waals surface area contributed by atoms with E-state index in [0.29, 0.717) is 16.5 Å². The fraction of sp³-hybridized carbons (Fsp3) is 0.533. The van der Waals surface area contributed by atoms with Gasteiger partial charge in [0.1, 0.15) is 0 Å². The standard InChI is InChI=1S/C15H20BrNOS/c16-13-8-6-12(7-9-13)10-17-15(18)11-19-14-4-2-1-3-5-14/h1-5,12-13H,6-11H2,(H,17,18). The Kier molecular flexibility index (Phi) is 6.24. The summed E-state index contributed by atoms with van der Waals surface area (Å²) in [4.78, 5) is 13.6. The van der Waals surface area contributed by atoms with Gasteiger partial charge in [-0.25, -0.2) is 0 Å². The zero-order valence-electron chi connectivity index (χ0n) is 11.0. The Hall–Kier alpha value is -0.480. The van der Waals surface area contributed by atoms with Gasteiger partial charge in [0.2, 0.25) is 5.91 Å². The zero-order valence-corrected chi connectivity index (χ0v) is 13.4. The highest BCUT2D eigenvalue weighted by atomic mass is 79.9. The van der Waals surface area contributed by atoms with Gasteiger partial charge in [-0.1, -0.05) is 34.1 Å². The molecule has 0 bridgehead atoms. The Morgan fingerprint density at radius 2 is 1.89 bits per heavy atom. The zero-order chi connectivity index (χ0) is 13.5. The SMILES string of the molecule is O=C(CSc1ccccc1)NCC1CCC(Br)CC1. The van der Waals surface area contributed by atoms with Crippen molar-refractivity contribution in [3.8, 4) is 0 Å². The molecule has 1 saturated carbocycles. The summed E-state index contributed by atoms with van der Waals surface area (Å²) in [6, 6.07) is 10.1. The molecule has 1 aromatic rings. The van der Waals surface area contributed by atoms with Gasteiger partial charge in [-0.2, -0.15) is 0 Å². The van der Waals surface area contributed by atoms with E-state index in [4.69, 9.17) is 0 Å². The molecule has 104 valence electrons. The van der Waals surface area contributed by atoms with Gasteiger partial charge in [-0.3, -0.25) is 4.79 Å². The van der Waals surface area contributed by atoms with Crippen LogP contribution in [-0.2, 0) is 4.79 Å². The maximum atomic E-state index is 11.8. The average molecular weight is 342 g/mol. The van der Waals surface area contributed by atoms with Crippen LogP contribution in [0.5, 0.6) is 0 Å². The van der Waals surface area contributed by atoms with E-state index in [1.54, 1.807) is 11.8 Å². The lowest BCUT2D eigenvalue weighted by molar-refractivity contribution is -0.118. The number of amides is 1. The van der Waals surface area contributed by atoms with E-state index in [1.807, 2.05) is 30.3 Å². The maximum Gasteiger partial charge on any atom is 0.230 e. The number of halogens is 1. The van der Waals surface area contributed by atoms with Gasteiger partial charge in [-0.05, 0) is 43.7 Å². The molecule has 1 aliphatic rings. The number of nitrogens with one attached hydrogen (secondary N) is 1. The third kappa shape index (κ3) is 5.57. The highest BCUT2D eigenvalue weighted by molar-refractivity contribution is 9.09. The van der Waals surface area contributed by atoms with Crippen LogP contribution in [-0.4, -0.2) is 23.0 Å². The first-order chi connectivity index (χ1) is 9.24. The van der Waals surface area contributed by atoms with Crippen molar-refractivity contribution in [2.75, 3.05) is 12.3 Å². The minimum atomic E-state index is 0.148. The van der Waals surface area contributed by atoms with Crippen LogP contribution in [0.4, 0.5) is 0 Å². The summed E-state index contributed by atoms with van der Waals surface area (Å²) in [6.45, 7) is 0.841. The van der Waals surface area contributed by atoms with Crippen molar-refractivity contribution < 1.29 is 4.79 Å². The lowest BCUT2D eigenvalue weighted by Crippen LogP contribution is -2.32. The first kappa shape index (κ1) is 14.9. The molecular weight excluding hydrogens is 322 g/mol. The fourth-order valence-corrected chi connectivity index (χ4v) is 3.58. The van der Waals surface area contributed by atoms with Gasteiger partial charge in [0.15, 0.2) is 0 Å². The summed E-state index contributed by atoms with van der Waals surface area (Å²) in [6.07, 6.45) is 4.92. The summed E-state index contributed by atoms with van der Waals surface area (Å²) in [7, 11) is 0. The topological polar surface area (TPSA) is 29.1 Å². The Morgan fingerprint density at radius 3 is 2.58 bits per heavy atom. The number of carbonyl (C=O) groups is 1. The quantitative estimate of drug-likeness (QED) is 0.651. The van der Waals surface area contributed by atoms with Crippen LogP contribution in [0, 0.1) is 5.92 Å². The predicted octanol–water partition coefficient (Wildman–Crippen LogP) is 3.85. The second-order valence-electron chi connectivity index (χ2n) is 5.02. The molecule has 0 aliphatic heterocycles. The van der Waals surface area contributed by atoms with Crippen LogP contribution in [0.25, 0.3) is 0 Å². The fourth-order valence-electron chi connectivity index (χ4n) is 2.30. The molecule has 0 spiro atoms. The highest BCUT2D eigenvalue weighted by Gasteiger charge is 2.19. The normalized spacial score (nSPS) is 23.0. The van der Waals surface area contributed by atoms with Crippen molar-refractivity contribution in [3.63, 3.8) is 0 Å². The number of alkyl halides is 1. The largest absolute Gasteiger partial charge is 0.355 e. The summed E-state index contributed by atoms with van der Waals surface area (Å²) >= 11 is 5.25. The molecule has 1 amide bonds. The molecule has 0 heterocycles. The van der Waals surface area contributed by atoms with Gasteiger partial charge in [0, 0.05) is 16.3 Å². The monoisotopic (exact) mass is 341 g/mol. The molecule has 0 unspecified atom stereocenters. The lowest BCUT2D eigenvalue weighted by atomic mass is 9.89. The summed E-state index contributed by atoms with van der Waals surface area (Å²) in [5.41, 5.74) is 0. The second-order valence-corrected chi connectivity index (χ2v) is 7.37. The number of hydrogen-bond donors (Lipinski definition) is 1. The molecule has 1 aromatic carbocycles. The molecule has 2 rings (SSSR count). The third-order valence-corrected chi connectivity index (χ3v) is 5.41. The third-order valence-electron chi connectivity index (χ3n) is 3.48. The molecule has 1 N–H and O–H groups in total. The van der Waals surface area contributed by atoms with Crippen LogP contribution >= 0.6 is 27.7 Å². The number of thioether (sulfide) groups is 1. The van der Waals surface area contributed by atoms with Crippen molar-refractivity contribution in [3.05, 3.63) is 30.3 Å². The molecule has 1 fully saturated rings. The predicted molar refractivity (Wildman–Crippen MR) is 84.8 cm³/mol. The molecule has 0 saturated heterocycles. The van der Waals surface area contributed by atoms with Gasteiger partial charge in [-0.15, -0.1) is 11.8 Å². The van der Waals surface area contributed by atoms with Crippen LogP contribution < -0.4 is 5.32 Å². The van der Waals surface area contributed by atoms with Crippen molar-refractivity contribution >= 4 is 33.6 Å². The van der Waals surface area contributed by atoms with E-state index in [-0.39, 0.29) is 5.91 Å². The summed E-state index contributed by atoms with van der Waals surface area (Å²) in [5.74, 6) is 1.33. The second kappa shape index (κ2) is 7.95. The molecule has 19 heavy (non-hydrogen) atoms. The average Bonchev–Trinajstić information content (AvgIpc) is 2.45. The Bertz CT molecular complexity index is 390. The van der Waals surface area contributed by atoms with Gasteiger partial charge < -0.3 is 5.32 Å². The number of hydrogen-bond acceptors (Lipinski definition) is 2. The first-order valence-corrected chi connectivity index (χ1v) is 8.73. The van der Waals surface area contributed by atoms with Crippen molar-refractivity contribution in [2.24, 2.45) is 5.92 Å². The minimum absolute atomic E-state index is 0.148. The van der Waals surface area contributed by atoms with Crippen molar-refractivity contribution in [1.29, 1.82) is 0 Å². The molecule has 4 heteroatoms. The van der Waals surface area contributed by atoms with Crippen molar-refractivity contribution in [2.45, 2.75) is 35.4 Å². The van der Waals surface area contributed by atoms with Crippen LogP contribution in [0.2, 0.25) is 0 Å². The van der Waals surface area contributed by atoms with Crippen LogP contribution in [0.3, 0.4) is 0 Å². The summed E-state index contributed by atoms with van der Waals surface area (Å²) in [5, 5.41) is 3.06. The molecule has 0 radical (unpaired) electrons. The van der Waals surface area contributed by atoms with Crippen LogP contribution in [0.15, 0.2) is 35.2 Å². The van der Waals surface area contributed by atoms with E-state index in [0.717, 1.165) is 11.4 Å². The number of carbonyl (C=O) groups excluding carboxylic acids is 1. The smallest absolute Gasteiger partial charge is 0.230 e. The molecular formula is C15H20BrNOS. The van der Waals surface area contributed by atoms with Crippen molar-refractivity contribution in [1.82, 2.24) is 5.32 Å². The first-order valence-electron chi connectivity index (χ1n) is 6.82. The number of rotatable bonds is 5. The van der Waals surface area contributed by atoms with Crippen LogP contribution in [0.1, 0.15) is 25.7 Å². The Balaban J connectivity index is 1.62. The van der Waals surface area contributed by atoms with Gasteiger partial charge >= 0.3 is 0 Å². The Labute approximate surface area is 127 Å². The molecule has 2 nitrogen and oxygen atoms in total. The van der Waals surface area contributed by atoms with E-state index >= 15 is 0 Å². The number of benzene rings is 1. The van der Waals surface area contributed by atoms with Gasteiger partial charge in [0.05, 0.1) is 5.75 Å². The van der Waals surface area contributed by atoms with E-state index in [2.05, 4.69) is 21.2 Å². The minimum Gasteiger partial charge on any atom is -0.355 e. The van der Waals surface area contributed by atoms with E-state index in [9.17, 15) is 4.79 Å². The van der Waals surface area contributed by atoms with Gasteiger partial charge in [0.25, 0.3) is 0 Å². The maximum absolute atomic E-state index is 11.8. The Morgan fingerprint density at radius 1 is 1.21 bits per heavy atom.